The highest BCUT2D eigenvalue weighted by molar-refractivity contribution is 6.01. The van der Waals surface area contributed by atoms with Crippen LogP contribution in [0, 0.1) is 5.92 Å². The summed E-state index contributed by atoms with van der Waals surface area (Å²) in [6.45, 7) is -4.95. The van der Waals surface area contributed by atoms with Crippen LogP contribution in [-0.2, 0) is 114 Å². The number of rotatable bonds is 54. The number of aliphatic hydroxyl groups excluding tert-OH is 23. The van der Waals surface area contributed by atoms with E-state index in [0.717, 1.165) is 0 Å². The topological polar surface area (TPSA) is 853 Å². The molecule has 37 atom stereocenters. The van der Waals surface area contributed by atoms with E-state index in [2.05, 4.69) is 37.2 Å². The summed E-state index contributed by atoms with van der Waals surface area (Å²) in [6.07, 6.45) is -59.2. The fourth-order valence-corrected chi connectivity index (χ4v) is 15.9. The quantitative estimate of drug-likeness (QED) is 0.0199. The average molecular weight is 1970 g/mol. The third-order valence-electron chi connectivity index (χ3n) is 24.2. The lowest BCUT2D eigenvalue weighted by molar-refractivity contribution is -0.366. The molecular formula is C81H136N8O47. The normalized spacial score (nSPS) is 36.4. The van der Waals surface area contributed by atoms with Crippen LogP contribution in [0.15, 0.2) is 0 Å². The number of unbranched alkanes of at least 4 members (excludes halogenated alkanes) is 5. The molecule has 55 nitrogen and oxygen atoms in total. The Morgan fingerprint density at radius 3 is 1.07 bits per heavy atom. The average Bonchev–Trinajstić information content (AvgIpc) is 1.17. The number of amides is 9. The Morgan fingerprint density at radius 1 is 0.331 bits per heavy atom. The van der Waals surface area contributed by atoms with Crippen molar-refractivity contribution in [2.24, 2.45) is 5.92 Å². The summed E-state index contributed by atoms with van der Waals surface area (Å²) in [7, 11) is 0. The van der Waals surface area contributed by atoms with Gasteiger partial charge >= 0.3 is 5.97 Å². The minimum absolute atomic E-state index is 0.0143. The number of carbonyl (C=O) groups is 10. The number of hydrogen-bond donors (Lipinski definition) is 30. The van der Waals surface area contributed by atoms with Gasteiger partial charge in [-0.2, -0.15) is 0 Å². The van der Waals surface area contributed by atoms with Crippen LogP contribution in [0.3, 0.4) is 0 Å². The Kier molecular flexibility index (Phi) is 48.0. The molecule has 0 unspecified atom stereocenters. The molecule has 0 aromatic heterocycles. The molecule has 30 N–H and O–H groups in total. The van der Waals surface area contributed by atoms with Crippen molar-refractivity contribution in [1.82, 2.24) is 42.3 Å². The zero-order valence-corrected chi connectivity index (χ0v) is 74.7. The number of nitrogens with one attached hydrogen (secondary N) is 7. The Bertz CT molecular complexity index is 3670. The predicted molar refractivity (Wildman–Crippen MR) is 441 cm³/mol. The van der Waals surface area contributed by atoms with E-state index in [-0.39, 0.29) is 142 Å². The monoisotopic (exact) mass is 1970 g/mol. The summed E-state index contributed by atoms with van der Waals surface area (Å²) in [5, 5.41) is 260. The van der Waals surface area contributed by atoms with Gasteiger partial charge < -0.3 is 221 Å². The first-order valence-electron chi connectivity index (χ1n) is 45.4. The van der Waals surface area contributed by atoms with Gasteiger partial charge in [0.1, 0.15) is 171 Å². The number of nitrogens with zero attached hydrogens (tertiary/aromatic N) is 1. The van der Waals surface area contributed by atoms with Crippen molar-refractivity contribution in [3.05, 3.63) is 0 Å². The van der Waals surface area contributed by atoms with Crippen LogP contribution in [0.25, 0.3) is 0 Å². The van der Waals surface area contributed by atoms with Crippen molar-refractivity contribution in [2.45, 2.75) is 350 Å². The molecule has 0 bridgehead atoms. The maximum Gasteiger partial charge on any atom is 0.333 e. The first-order chi connectivity index (χ1) is 64.7. The van der Waals surface area contributed by atoms with Crippen LogP contribution in [0.5, 0.6) is 0 Å². The number of ether oxygens (including phenoxy) is 13. The summed E-state index contributed by atoms with van der Waals surface area (Å²) in [4.78, 5) is 135. The molecule has 1 aliphatic carbocycles. The molecule has 0 radical (unpaired) electrons. The van der Waals surface area contributed by atoms with E-state index in [9.17, 15) is 165 Å². The SMILES string of the molecule is C[C@@H]1C[C@@H](OCCNC(=O)[C@H](CCC(=O)NCCO[C@H]2O[C@H](CO[C@H]3O[C@H](CO)[C@@H](O)[C@H](O)[C@@H]3O)[C@@H](O)[C@H](O[C@H]3O[C@H](CO)[C@@H](O)[C@H](O)[C@@H]3O)[C@@H]2O)NC(=O)CCCCCNC(=O)[C@H](CCC(=O)NCCCCCC(=O)NCCO[C@H]2O[C@H](CO[C@H]3O[C@H](CO)[C@@H](O)[C@H](O)[C@@H]3O)[C@@H](O)[C@H](O[C@H]3O[C@H](CO)[C@@H](O)[C@H](O)[C@@H]3O)[C@@H]2O)NC(=O)CCCCC(=O)ON2C(=O)CCC2=O)[C@@H](O)[C@H](O)[C@@H]1O. The number of aliphatic hydroxyl groups is 23. The van der Waals surface area contributed by atoms with E-state index in [4.69, 9.17) is 66.4 Å². The van der Waals surface area contributed by atoms with Gasteiger partial charge in [0.15, 0.2) is 37.7 Å². The highest BCUT2D eigenvalue weighted by atomic mass is 16.8. The van der Waals surface area contributed by atoms with Gasteiger partial charge in [-0.15, -0.1) is 5.06 Å². The van der Waals surface area contributed by atoms with Crippen LogP contribution >= 0.6 is 0 Å². The lowest BCUT2D eigenvalue weighted by atomic mass is 9.82. The first-order valence-corrected chi connectivity index (χ1v) is 45.4. The second-order valence-corrected chi connectivity index (χ2v) is 34.4. The molecule has 7 heterocycles. The van der Waals surface area contributed by atoms with E-state index in [1.165, 1.54) is 0 Å². The van der Waals surface area contributed by atoms with E-state index < -0.39 is 338 Å². The van der Waals surface area contributed by atoms with Crippen LogP contribution in [-0.4, -0.2) is 495 Å². The van der Waals surface area contributed by atoms with Gasteiger partial charge in [-0.1, -0.05) is 19.8 Å². The molecule has 0 aromatic carbocycles. The number of imide groups is 1. The van der Waals surface area contributed by atoms with Gasteiger partial charge in [0, 0.05) is 84.1 Å². The molecule has 8 aliphatic rings. The van der Waals surface area contributed by atoms with Crippen molar-refractivity contribution in [2.75, 3.05) is 92.2 Å². The van der Waals surface area contributed by atoms with Crippen molar-refractivity contribution < 1.29 is 232 Å². The Labute approximate surface area is 778 Å². The smallest absolute Gasteiger partial charge is 0.333 e. The van der Waals surface area contributed by atoms with Crippen molar-refractivity contribution in [1.29, 1.82) is 0 Å². The molecule has 7 aliphatic heterocycles. The third kappa shape index (κ3) is 33.0. The van der Waals surface area contributed by atoms with Gasteiger partial charge in [-0.3, -0.25) is 43.2 Å². The Hall–Kier alpha value is -6.54. The molecule has 782 valence electrons. The maximum atomic E-state index is 13.8. The molecule has 9 amide bonds. The minimum Gasteiger partial charge on any atom is -0.394 e. The fraction of sp³-hybridized carbons (Fsp3) is 0.877. The lowest BCUT2D eigenvalue weighted by Crippen LogP contribution is -2.65. The van der Waals surface area contributed by atoms with Gasteiger partial charge in [0.25, 0.3) is 11.8 Å². The highest BCUT2D eigenvalue weighted by Crippen LogP contribution is 2.35. The summed E-state index contributed by atoms with van der Waals surface area (Å²) in [5.74, 6) is -7.23. The van der Waals surface area contributed by atoms with Crippen molar-refractivity contribution >= 4 is 59.1 Å². The van der Waals surface area contributed by atoms with E-state index in [1.807, 2.05) is 0 Å². The largest absolute Gasteiger partial charge is 0.394 e. The first kappa shape index (κ1) is 115. The van der Waals surface area contributed by atoms with Gasteiger partial charge in [-0.05, 0) is 63.7 Å². The predicted octanol–water partition coefficient (Wildman–Crippen LogP) is -16.2. The molecule has 7 saturated heterocycles. The summed E-state index contributed by atoms with van der Waals surface area (Å²) < 4.78 is 72.9. The standard InChI is InChI=1S/C81H136N8O47/c1-35-28-38(54(103)61(110)53(35)102)123-25-24-86-75(122)37(15-17-47(96)84-23-27-125-79-71(120)73(135-81-69(118)65(114)58(107)42(32-93)131-81)60(109)44(133-79)34-127-77-67(116)63(112)56(105)40(30-91)129-77)88-48(97)11-5-3-9-21-85-74(121)36(87-49(98)12-6-7-13-52(101)136-89-50(99)18-19-51(89)100)14-16-46(95)82-20-8-2-4-10-45(94)83-22-26-124-78-70(119)72(134-80-68(117)64(113)57(106)41(31-92)130-80)59(108)43(132-78)33-126-76-66(115)62(111)55(104)39(29-90)128-76/h35-44,53-73,76-81,90-93,102-120H,2-34H2,1H3,(H,82,95)(H,83,94)(H,84,96)(H,85,121)(H,86,122)(H,87,98)(H,88,97)/t35-,36+,37+,38-,39-,40-,41-,42-,43-,44-,53-,54-,55-,56-,57-,58-,59-,60-,61-,62+,63+,64+,65+,66+,67+,68+,69+,70+,71+,72+,73+,76+,77+,78+,79+,80-,81-/m1/s1. The summed E-state index contributed by atoms with van der Waals surface area (Å²) in [6, 6.07) is -2.68. The lowest BCUT2D eigenvalue weighted by Gasteiger charge is -2.46. The van der Waals surface area contributed by atoms with Crippen LogP contribution in [0.1, 0.15) is 129 Å². The van der Waals surface area contributed by atoms with Crippen molar-refractivity contribution in [3.8, 4) is 0 Å². The molecule has 8 fully saturated rings. The van der Waals surface area contributed by atoms with Gasteiger partial charge in [-0.25, -0.2) is 4.79 Å². The molecule has 0 spiro atoms. The molecule has 136 heavy (non-hydrogen) atoms. The van der Waals surface area contributed by atoms with E-state index >= 15 is 0 Å². The second-order valence-electron chi connectivity index (χ2n) is 34.4. The van der Waals surface area contributed by atoms with E-state index in [1.54, 1.807) is 6.92 Å². The molecule has 0 aromatic rings. The fourth-order valence-electron chi connectivity index (χ4n) is 15.9. The molecule has 1 saturated carbocycles. The molecular weight excluding hydrogens is 1840 g/mol. The minimum atomic E-state index is -2.04. The van der Waals surface area contributed by atoms with Crippen LogP contribution in [0.4, 0.5) is 0 Å². The molecule has 55 heteroatoms. The highest BCUT2D eigenvalue weighted by Gasteiger charge is 2.56. The zero-order valence-electron chi connectivity index (χ0n) is 74.7. The van der Waals surface area contributed by atoms with E-state index in [0.29, 0.717) is 24.3 Å². The number of hydroxylamine groups is 2. The Morgan fingerprint density at radius 2 is 0.654 bits per heavy atom. The summed E-state index contributed by atoms with van der Waals surface area (Å²) in [5.41, 5.74) is 0. The summed E-state index contributed by atoms with van der Waals surface area (Å²) >= 11 is 0. The second kappa shape index (κ2) is 56.9. The molecule has 8 rings (SSSR count). The maximum absolute atomic E-state index is 13.8. The van der Waals surface area contributed by atoms with Crippen molar-refractivity contribution in [3.63, 3.8) is 0 Å². The number of hydrogen-bond acceptors (Lipinski definition) is 47. The van der Waals surface area contributed by atoms with Crippen LogP contribution in [0.2, 0.25) is 0 Å². The number of carbonyl (C=O) groups excluding carboxylic acids is 10. The van der Waals surface area contributed by atoms with Gasteiger partial charge in [0.2, 0.25) is 41.4 Å². The third-order valence-corrected chi connectivity index (χ3v) is 24.2. The van der Waals surface area contributed by atoms with Gasteiger partial charge in [0.05, 0.1) is 71.7 Å². The van der Waals surface area contributed by atoms with Crippen LogP contribution < -0.4 is 37.2 Å². The zero-order chi connectivity index (χ0) is 99.9. The Balaban J connectivity index is 0.792.